The molecular weight excluding hydrogens is 302 g/mol. The number of hydrogen-bond acceptors (Lipinski definition) is 3. The molecule has 1 atom stereocenters. The first-order valence-corrected chi connectivity index (χ1v) is 8.29. The van der Waals surface area contributed by atoms with Gasteiger partial charge in [-0.1, -0.05) is 24.3 Å². The number of hydrogen-bond donors (Lipinski definition) is 1. The van der Waals surface area contributed by atoms with E-state index in [0.29, 0.717) is 11.6 Å². The fourth-order valence-corrected chi connectivity index (χ4v) is 3.08. The highest BCUT2D eigenvalue weighted by Crippen LogP contribution is 2.35. The van der Waals surface area contributed by atoms with Crippen LogP contribution in [0.25, 0.3) is 0 Å². The van der Waals surface area contributed by atoms with E-state index in [-0.39, 0.29) is 18.2 Å². The fourth-order valence-electron chi connectivity index (χ4n) is 3.08. The van der Waals surface area contributed by atoms with Crippen molar-refractivity contribution in [3.8, 4) is 5.88 Å². The number of urea groups is 1. The Morgan fingerprint density at radius 2 is 2.08 bits per heavy atom. The average Bonchev–Trinajstić information content (AvgIpc) is 2.99. The summed E-state index contributed by atoms with van der Waals surface area (Å²) in [4.78, 5) is 18.6. The van der Waals surface area contributed by atoms with E-state index < -0.39 is 0 Å². The molecule has 1 unspecified atom stereocenters. The molecule has 0 saturated carbocycles. The molecule has 2 amide bonds. The van der Waals surface area contributed by atoms with Crippen LogP contribution < -0.4 is 10.1 Å². The van der Waals surface area contributed by atoms with Crippen molar-refractivity contribution in [2.24, 2.45) is 0 Å². The predicted molar refractivity (Wildman–Crippen MR) is 94.3 cm³/mol. The van der Waals surface area contributed by atoms with E-state index in [1.807, 2.05) is 33.0 Å². The molecule has 1 N–H and O–H groups in total. The minimum Gasteiger partial charge on any atom is -0.473 e. The number of benzene rings is 1. The highest BCUT2D eigenvalue weighted by atomic mass is 16.5. The second-order valence-corrected chi connectivity index (χ2v) is 6.32. The van der Waals surface area contributed by atoms with Crippen LogP contribution in [0.5, 0.6) is 5.88 Å². The van der Waals surface area contributed by atoms with Gasteiger partial charge in [-0.25, -0.2) is 9.78 Å². The Hall–Kier alpha value is -2.56. The lowest BCUT2D eigenvalue weighted by molar-refractivity contribution is 0.203. The molecule has 0 spiro atoms. The van der Waals surface area contributed by atoms with E-state index in [2.05, 4.69) is 22.4 Å². The van der Waals surface area contributed by atoms with Crippen molar-refractivity contribution in [3.05, 3.63) is 53.7 Å². The molecule has 1 aliphatic carbocycles. The number of carbonyl (C=O) groups excluding carboxylic acids is 1. The van der Waals surface area contributed by atoms with Crippen LogP contribution in [0.4, 0.5) is 10.5 Å². The van der Waals surface area contributed by atoms with E-state index in [4.69, 9.17) is 4.74 Å². The third-order valence-corrected chi connectivity index (χ3v) is 4.25. The van der Waals surface area contributed by atoms with Crippen molar-refractivity contribution in [2.45, 2.75) is 38.8 Å². The Bertz CT molecular complexity index is 730. The van der Waals surface area contributed by atoms with Gasteiger partial charge in [0.15, 0.2) is 0 Å². The lowest BCUT2D eigenvalue weighted by Crippen LogP contribution is -2.34. The van der Waals surface area contributed by atoms with Crippen LogP contribution in [-0.2, 0) is 6.42 Å². The molecule has 24 heavy (non-hydrogen) atoms. The molecule has 1 heterocycles. The standard InChI is InChI=1S/C19H23N3O2/c1-13(2)24-18-16(9-6-12-20-18)21-19(23)22(3)17-11-10-14-7-4-5-8-15(14)17/h4-9,12-13,17H,10-11H2,1-3H3,(H,21,23). The first-order chi connectivity index (χ1) is 11.6. The van der Waals surface area contributed by atoms with Crippen molar-refractivity contribution < 1.29 is 9.53 Å². The van der Waals surface area contributed by atoms with E-state index in [9.17, 15) is 4.79 Å². The van der Waals surface area contributed by atoms with Crippen LogP contribution in [0.3, 0.4) is 0 Å². The largest absolute Gasteiger partial charge is 0.473 e. The number of aryl methyl sites for hydroxylation is 1. The zero-order chi connectivity index (χ0) is 17.1. The Labute approximate surface area is 142 Å². The molecule has 5 heteroatoms. The van der Waals surface area contributed by atoms with Gasteiger partial charge in [-0.15, -0.1) is 0 Å². The summed E-state index contributed by atoms with van der Waals surface area (Å²) < 4.78 is 5.66. The third kappa shape index (κ3) is 3.35. The SMILES string of the molecule is CC(C)Oc1ncccc1NC(=O)N(C)C1CCc2ccccc21. The van der Waals surface area contributed by atoms with Gasteiger partial charge in [-0.2, -0.15) is 0 Å². The average molecular weight is 325 g/mol. The Morgan fingerprint density at radius 3 is 2.88 bits per heavy atom. The number of fused-ring (bicyclic) bond motifs is 1. The van der Waals surface area contributed by atoms with Gasteiger partial charge in [0.05, 0.1) is 12.1 Å². The van der Waals surface area contributed by atoms with Gasteiger partial charge in [0.2, 0.25) is 5.88 Å². The van der Waals surface area contributed by atoms with Crippen LogP contribution in [0, 0.1) is 0 Å². The van der Waals surface area contributed by atoms with Crippen LogP contribution in [0.2, 0.25) is 0 Å². The molecule has 0 radical (unpaired) electrons. The normalized spacial score (nSPS) is 15.9. The van der Waals surface area contributed by atoms with Crippen LogP contribution in [-0.4, -0.2) is 29.1 Å². The summed E-state index contributed by atoms with van der Waals surface area (Å²) >= 11 is 0. The van der Waals surface area contributed by atoms with Crippen LogP contribution in [0.1, 0.15) is 37.4 Å². The van der Waals surface area contributed by atoms with Crippen molar-refractivity contribution in [1.82, 2.24) is 9.88 Å². The van der Waals surface area contributed by atoms with E-state index in [1.54, 1.807) is 23.2 Å². The second-order valence-electron chi connectivity index (χ2n) is 6.32. The molecule has 2 aromatic rings. The molecule has 5 nitrogen and oxygen atoms in total. The summed E-state index contributed by atoms with van der Waals surface area (Å²) in [5, 5.41) is 2.92. The lowest BCUT2D eigenvalue weighted by atomic mass is 10.1. The van der Waals surface area contributed by atoms with Gasteiger partial charge in [0.25, 0.3) is 0 Å². The summed E-state index contributed by atoms with van der Waals surface area (Å²) in [6, 6.07) is 11.9. The highest BCUT2D eigenvalue weighted by molar-refractivity contribution is 5.90. The van der Waals surface area contributed by atoms with Crippen LogP contribution >= 0.6 is 0 Å². The van der Waals surface area contributed by atoms with Crippen molar-refractivity contribution >= 4 is 11.7 Å². The number of amides is 2. The first kappa shape index (κ1) is 16.3. The maximum absolute atomic E-state index is 12.7. The predicted octanol–water partition coefficient (Wildman–Crippen LogP) is 4.02. The zero-order valence-corrected chi connectivity index (χ0v) is 14.3. The van der Waals surface area contributed by atoms with Crippen molar-refractivity contribution in [2.75, 3.05) is 12.4 Å². The summed E-state index contributed by atoms with van der Waals surface area (Å²) in [7, 11) is 1.83. The van der Waals surface area contributed by atoms with E-state index in [0.717, 1.165) is 12.8 Å². The number of carbonyl (C=O) groups is 1. The summed E-state index contributed by atoms with van der Waals surface area (Å²) in [5.74, 6) is 0.445. The number of nitrogens with one attached hydrogen (secondary N) is 1. The van der Waals surface area contributed by atoms with Gasteiger partial charge in [0.1, 0.15) is 5.69 Å². The minimum absolute atomic E-state index is 0.00464. The lowest BCUT2D eigenvalue weighted by Gasteiger charge is -2.26. The topological polar surface area (TPSA) is 54.5 Å². The molecule has 3 rings (SSSR count). The fraction of sp³-hybridized carbons (Fsp3) is 0.368. The summed E-state index contributed by atoms with van der Waals surface area (Å²) in [6.45, 7) is 3.86. The Balaban J connectivity index is 1.74. The first-order valence-electron chi connectivity index (χ1n) is 8.29. The van der Waals surface area contributed by atoms with Crippen molar-refractivity contribution in [3.63, 3.8) is 0 Å². The number of anilines is 1. The molecule has 1 aromatic heterocycles. The summed E-state index contributed by atoms with van der Waals surface area (Å²) in [6.07, 6.45) is 3.61. The smallest absolute Gasteiger partial charge is 0.322 e. The van der Waals surface area contributed by atoms with Gasteiger partial charge in [0, 0.05) is 13.2 Å². The highest BCUT2D eigenvalue weighted by Gasteiger charge is 2.28. The Morgan fingerprint density at radius 1 is 1.29 bits per heavy atom. The Kier molecular flexibility index (Phi) is 4.69. The molecule has 0 fully saturated rings. The molecule has 0 saturated heterocycles. The number of nitrogens with zero attached hydrogens (tertiary/aromatic N) is 2. The second kappa shape index (κ2) is 6.91. The van der Waals surface area contributed by atoms with Gasteiger partial charge in [-0.3, -0.25) is 0 Å². The van der Waals surface area contributed by atoms with E-state index >= 15 is 0 Å². The molecule has 0 bridgehead atoms. The molecule has 1 aliphatic rings. The third-order valence-electron chi connectivity index (χ3n) is 4.25. The van der Waals surface area contributed by atoms with Gasteiger partial charge >= 0.3 is 6.03 Å². The zero-order valence-electron chi connectivity index (χ0n) is 14.3. The molecule has 0 aliphatic heterocycles. The molecule has 1 aromatic carbocycles. The minimum atomic E-state index is -0.154. The number of aromatic nitrogens is 1. The quantitative estimate of drug-likeness (QED) is 0.923. The number of rotatable bonds is 4. The van der Waals surface area contributed by atoms with Crippen LogP contribution in [0.15, 0.2) is 42.6 Å². The molecular formula is C19H23N3O2. The van der Waals surface area contributed by atoms with Crippen molar-refractivity contribution in [1.29, 1.82) is 0 Å². The number of ether oxygens (including phenoxy) is 1. The maximum Gasteiger partial charge on any atom is 0.322 e. The van der Waals surface area contributed by atoms with Gasteiger partial charge in [-0.05, 0) is 49.9 Å². The monoisotopic (exact) mass is 325 g/mol. The van der Waals surface area contributed by atoms with Gasteiger partial charge < -0.3 is 15.0 Å². The molecule has 126 valence electrons. The maximum atomic E-state index is 12.7. The summed E-state index contributed by atoms with van der Waals surface area (Å²) in [5.41, 5.74) is 3.15. The van der Waals surface area contributed by atoms with E-state index in [1.165, 1.54) is 11.1 Å². The number of pyridine rings is 1.